The molecule has 1 aromatic carbocycles. The summed E-state index contributed by atoms with van der Waals surface area (Å²) in [6.07, 6.45) is -0.857. The molecule has 0 bridgehead atoms. The fraction of sp³-hybridized carbons (Fsp3) is 0.538. The van der Waals surface area contributed by atoms with Crippen LogP contribution in [-0.2, 0) is 16.2 Å². The number of aromatic nitrogens is 1. The van der Waals surface area contributed by atoms with Gasteiger partial charge in [0.1, 0.15) is 5.82 Å². The molecule has 2 aliphatic carbocycles. The first kappa shape index (κ1) is 27.9. The average molecular weight is 590 g/mol. The molecule has 39 heavy (non-hydrogen) atoms. The highest BCUT2D eigenvalue weighted by atomic mass is 35.5. The summed E-state index contributed by atoms with van der Waals surface area (Å²) in [5.41, 5.74) is -0.0671. The van der Waals surface area contributed by atoms with Crippen molar-refractivity contribution in [3.8, 4) is 5.88 Å². The number of piperidine rings is 1. The third kappa shape index (κ3) is 5.82. The van der Waals surface area contributed by atoms with Crippen molar-refractivity contribution in [3.63, 3.8) is 0 Å². The van der Waals surface area contributed by atoms with E-state index in [-0.39, 0.29) is 28.8 Å². The van der Waals surface area contributed by atoms with E-state index in [0.717, 1.165) is 31.5 Å². The highest BCUT2D eigenvalue weighted by Gasteiger charge is 2.40. The SMILES string of the molecule is Cc1c(F)c(C(=O)NS(=O)(=O)C2CC2)cc(C2CC2)c1N1CCC(C)CC1Oc1cc(C(F)(F)F)c(Cl)cn1. The van der Waals surface area contributed by atoms with Crippen molar-refractivity contribution in [3.05, 3.63) is 51.4 Å². The fourth-order valence-corrected chi connectivity index (χ4v) is 6.51. The topological polar surface area (TPSA) is 88.6 Å². The second kappa shape index (κ2) is 10.1. The van der Waals surface area contributed by atoms with Gasteiger partial charge in [-0.25, -0.2) is 22.5 Å². The molecule has 0 radical (unpaired) electrons. The molecule has 1 amide bonds. The Morgan fingerprint density at radius 2 is 1.87 bits per heavy atom. The second-order valence-corrected chi connectivity index (χ2v) is 13.0. The molecule has 3 aliphatic rings. The summed E-state index contributed by atoms with van der Waals surface area (Å²) in [6, 6.07) is 2.16. The number of carbonyl (C=O) groups excluding carboxylic acids is 1. The van der Waals surface area contributed by atoms with Crippen LogP contribution in [0.3, 0.4) is 0 Å². The Hall–Kier alpha value is -2.60. The number of amides is 1. The van der Waals surface area contributed by atoms with Crippen molar-refractivity contribution in [2.24, 2.45) is 5.92 Å². The van der Waals surface area contributed by atoms with Gasteiger partial charge in [0.25, 0.3) is 5.91 Å². The van der Waals surface area contributed by atoms with Gasteiger partial charge >= 0.3 is 6.18 Å². The van der Waals surface area contributed by atoms with Crippen LogP contribution in [-0.4, -0.2) is 37.3 Å². The Kier molecular flexibility index (Phi) is 7.24. The number of hydrogen-bond acceptors (Lipinski definition) is 6. The Labute approximate surface area is 228 Å². The van der Waals surface area contributed by atoms with E-state index in [9.17, 15) is 26.4 Å². The summed E-state index contributed by atoms with van der Waals surface area (Å²) in [6.45, 7) is 3.94. The lowest BCUT2D eigenvalue weighted by molar-refractivity contribution is -0.137. The number of hydrogen-bond donors (Lipinski definition) is 1. The maximum absolute atomic E-state index is 15.7. The van der Waals surface area contributed by atoms with Crippen LogP contribution in [0.4, 0.5) is 23.2 Å². The van der Waals surface area contributed by atoms with Crippen LogP contribution >= 0.6 is 11.6 Å². The lowest BCUT2D eigenvalue weighted by atomic mass is 9.93. The van der Waals surface area contributed by atoms with Crippen LogP contribution in [0.1, 0.15) is 78.4 Å². The molecule has 212 valence electrons. The molecule has 3 fully saturated rings. The van der Waals surface area contributed by atoms with E-state index in [0.29, 0.717) is 37.1 Å². The molecule has 13 heteroatoms. The molecule has 1 aromatic heterocycles. The van der Waals surface area contributed by atoms with Gasteiger partial charge in [0, 0.05) is 30.3 Å². The smallest absolute Gasteiger partial charge is 0.418 e. The highest BCUT2D eigenvalue weighted by molar-refractivity contribution is 7.91. The average Bonchev–Trinajstić information content (AvgIpc) is 3.74. The maximum Gasteiger partial charge on any atom is 0.418 e. The molecule has 1 saturated heterocycles. The number of rotatable bonds is 7. The fourth-order valence-electron chi connectivity index (χ4n) is 5.01. The van der Waals surface area contributed by atoms with Crippen molar-refractivity contribution >= 4 is 33.2 Å². The Bertz CT molecular complexity index is 1410. The highest BCUT2D eigenvalue weighted by Crippen LogP contribution is 2.48. The van der Waals surface area contributed by atoms with Crippen molar-refractivity contribution < 1.29 is 35.5 Å². The molecular weight excluding hydrogens is 562 g/mol. The zero-order valence-electron chi connectivity index (χ0n) is 21.3. The van der Waals surface area contributed by atoms with Crippen LogP contribution in [0.25, 0.3) is 0 Å². The number of ether oxygens (including phenoxy) is 1. The van der Waals surface area contributed by atoms with E-state index in [1.165, 1.54) is 13.0 Å². The van der Waals surface area contributed by atoms with Gasteiger partial charge in [0.15, 0.2) is 6.23 Å². The minimum absolute atomic E-state index is 0.0383. The van der Waals surface area contributed by atoms with Gasteiger partial charge in [-0.15, -0.1) is 0 Å². The number of benzene rings is 1. The number of sulfonamides is 1. The van der Waals surface area contributed by atoms with E-state index in [4.69, 9.17) is 16.3 Å². The summed E-state index contributed by atoms with van der Waals surface area (Å²) in [5, 5.41) is -1.18. The molecule has 7 nitrogen and oxygen atoms in total. The second-order valence-electron chi connectivity index (χ2n) is 10.6. The largest absolute Gasteiger partial charge is 0.454 e. The van der Waals surface area contributed by atoms with Crippen LogP contribution in [0.15, 0.2) is 18.3 Å². The molecule has 2 aromatic rings. The summed E-state index contributed by atoms with van der Waals surface area (Å²) in [5.74, 6) is -1.91. The summed E-state index contributed by atoms with van der Waals surface area (Å²) < 4.78 is 88.6. The molecule has 2 heterocycles. The standard InChI is InChI=1S/C26H28ClF4N3O4S/c1-13-7-8-34(22(9-13)38-21-11-19(26(29,30)31)20(27)12-32-21)24-14(2)23(28)18(10-17(24)15-3-4-15)25(35)33-39(36,37)16-5-6-16/h10-13,15-16,22H,3-9H2,1-2H3,(H,33,35). The quantitative estimate of drug-likeness (QED) is 0.402. The lowest BCUT2D eigenvalue weighted by Crippen LogP contribution is -2.46. The van der Waals surface area contributed by atoms with E-state index < -0.39 is 50.0 Å². The minimum Gasteiger partial charge on any atom is -0.454 e. The number of anilines is 1. The summed E-state index contributed by atoms with van der Waals surface area (Å²) >= 11 is 5.71. The van der Waals surface area contributed by atoms with Gasteiger partial charge in [-0.05, 0) is 62.5 Å². The molecule has 1 N–H and O–H groups in total. The van der Waals surface area contributed by atoms with Crippen molar-refractivity contribution in [2.75, 3.05) is 11.4 Å². The molecule has 0 spiro atoms. The van der Waals surface area contributed by atoms with Crippen LogP contribution < -0.4 is 14.4 Å². The van der Waals surface area contributed by atoms with Gasteiger partial charge in [-0.2, -0.15) is 13.2 Å². The van der Waals surface area contributed by atoms with Crippen LogP contribution in [0, 0.1) is 18.7 Å². The molecule has 2 atom stereocenters. The number of nitrogens with zero attached hydrogens (tertiary/aromatic N) is 2. The van der Waals surface area contributed by atoms with Crippen LogP contribution in [0.2, 0.25) is 5.02 Å². The van der Waals surface area contributed by atoms with E-state index >= 15 is 4.39 Å². The van der Waals surface area contributed by atoms with E-state index in [1.807, 2.05) is 16.5 Å². The molecular formula is C26H28ClF4N3O4S. The number of alkyl halides is 3. The number of carbonyl (C=O) groups is 1. The van der Waals surface area contributed by atoms with E-state index in [1.54, 1.807) is 0 Å². The Morgan fingerprint density at radius 3 is 2.49 bits per heavy atom. The van der Waals surface area contributed by atoms with Crippen molar-refractivity contribution in [1.82, 2.24) is 9.71 Å². The first-order valence-electron chi connectivity index (χ1n) is 12.8. The number of halogens is 5. The first-order chi connectivity index (χ1) is 18.3. The zero-order chi connectivity index (χ0) is 28.3. The predicted octanol–water partition coefficient (Wildman–Crippen LogP) is 5.94. The summed E-state index contributed by atoms with van der Waals surface area (Å²) in [4.78, 5) is 18.6. The van der Waals surface area contributed by atoms with Gasteiger partial charge < -0.3 is 9.64 Å². The van der Waals surface area contributed by atoms with E-state index in [2.05, 4.69) is 4.98 Å². The molecule has 2 saturated carbocycles. The number of nitrogens with one attached hydrogen (secondary N) is 1. The molecule has 2 unspecified atom stereocenters. The zero-order valence-corrected chi connectivity index (χ0v) is 22.9. The monoisotopic (exact) mass is 589 g/mol. The Morgan fingerprint density at radius 1 is 1.18 bits per heavy atom. The summed E-state index contributed by atoms with van der Waals surface area (Å²) in [7, 11) is -3.87. The lowest BCUT2D eigenvalue weighted by Gasteiger charge is -2.41. The van der Waals surface area contributed by atoms with Gasteiger partial charge in [0.2, 0.25) is 15.9 Å². The van der Waals surface area contributed by atoms with Crippen molar-refractivity contribution in [2.45, 2.75) is 75.9 Å². The minimum atomic E-state index is -4.69. The maximum atomic E-state index is 15.7. The normalized spacial score (nSPS) is 22.1. The van der Waals surface area contributed by atoms with Crippen molar-refractivity contribution in [1.29, 1.82) is 0 Å². The third-order valence-corrected chi connectivity index (χ3v) is 9.57. The van der Waals surface area contributed by atoms with Gasteiger partial charge in [-0.3, -0.25) is 4.79 Å². The predicted molar refractivity (Wildman–Crippen MR) is 137 cm³/mol. The van der Waals surface area contributed by atoms with Crippen LogP contribution in [0.5, 0.6) is 5.88 Å². The van der Waals surface area contributed by atoms with Gasteiger partial charge in [-0.1, -0.05) is 18.5 Å². The first-order valence-corrected chi connectivity index (χ1v) is 14.7. The van der Waals surface area contributed by atoms with Gasteiger partial charge in [0.05, 0.1) is 27.6 Å². The molecule has 1 aliphatic heterocycles. The number of pyridine rings is 1. The Balaban J connectivity index is 1.51. The molecule has 5 rings (SSSR count). The third-order valence-electron chi connectivity index (χ3n) is 7.45.